The number of carbonyl (C=O) groups excluding carboxylic acids is 2. The van der Waals surface area contributed by atoms with Crippen LogP contribution >= 0.6 is 0 Å². The molecule has 0 heterocycles. The molecule has 1 atom stereocenters. The van der Waals surface area contributed by atoms with Crippen molar-refractivity contribution in [2.75, 3.05) is 13.1 Å². The third-order valence-electron chi connectivity index (χ3n) is 5.16. The Hall–Kier alpha value is -3.52. The third-order valence-corrected chi connectivity index (χ3v) is 5.16. The summed E-state index contributed by atoms with van der Waals surface area (Å²) in [6.45, 7) is 1.60. The van der Waals surface area contributed by atoms with Crippen LogP contribution in [0.15, 0.2) is 78.9 Å². The second-order valence-corrected chi connectivity index (χ2v) is 7.42. The molecule has 0 aliphatic carbocycles. The lowest BCUT2D eigenvalue weighted by atomic mass is 10.0. The van der Waals surface area contributed by atoms with Crippen LogP contribution in [0.2, 0.25) is 0 Å². The number of benzene rings is 3. The number of carbonyl (C=O) groups is 2. The molecule has 0 spiro atoms. The minimum atomic E-state index is -0.999. The first-order chi connectivity index (χ1) is 15.6. The zero-order valence-corrected chi connectivity index (χ0v) is 17.8. The zero-order chi connectivity index (χ0) is 22.8. The number of rotatable bonds is 10. The molecule has 0 radical (unpaired) electrons. The molecule has 0 aliphatic heterocycles. The first-order valence-electron chi connectivity index (χ1n) is 10.5. The molecule has 0 aromatic heterocycles. The summed E-state index contributed by atoms with van der Waals surface area (Å²) in [5.41, 5.74) is 11.9. The molecule has 0 unspecified atom stereocenters. The van der Waals surface area contributed by atoms with E-state index in [1.54, 1.807) is 12.1 Å². The van der Waals surface area contributed by atoms with Gasteiger partial charge in [-0.05, 0) is 47.4 Å². The van der Waals surface area contributed by atoms with E-state index in [1.807, 2.05) is 18.2 Å². The highest BCUT2D eigenvalue weighted by atomic mass is 16.5. The highest BCUT2D eigenvalue weighted by Gasteiger charge is 2.19. The maximum Gasteiger partial charge on any atom is 0.267 e. The van der Waals surface area contributed by atoms with Crippen molar-refractivity contribution >= 4 is 11.8 Å². The van der Waals surface area contributed by atoms with Gasteiger partial charge in [0.05, 0.1) is 0 Å². The van der Waals surface area contributed by atoms with Crippen LogP contribution < -0.4 is 21.8 Å². The molecular weight excluding hydrogens is 404 g/mol. The first-order valence-corrected chi connectivity index (χ1v) is 10.5. The van der Waals surface area contributed by atoms with Crippen LogP contribution in [0.1, 0.15) is 21.5 Å². The topological polar surface area (TPSA) is 116 Å². The molecule has 0 fully saturated rings. The van der Waals surface area contributed by atoms with Gasteiger partial charge in [0.1, 0.15) is 6.04 Å². The second-order valence-electron chi connectivity index (χ2n) is 7.42. The minimum Gasteiger partial charge on any atom is -0.339 e. The quantitative estimate of drug-likeness (QED) is 0.191. The maximum atomic E-state index is 12.3. The van der Waals surface area contributed by atoms with Crippen molar-refractivity contribution in [2.45, 2.75) is 19.0 Å². The fourth-order valence-corrected chi connectivity index (χ4v) is 3.29. The molecule has 3 aromatic rings. The number of amides is 2. The van der Waals surface area contributed by atoms with Crippen LogP contribution in [0.3, 0.4) is 0 Å². The van der Waals surface area contributed by atoms with E-state index in [4.69, 9.17) is 10.9 Å². The Morgan fingerprint density at radius 2 is 1.47 bits per heavy atom. The van der Waals surface area contributed by atoms with Crippen molar-refractivity contribution in [3.63, 3.8) is 0 Å². The average Bonchev–Trinajstić information content (AvgIpc) is 2.85. The summed E-state index contributed by atoms with van der Waals surface area (Å²) in [6, 6.07) is 24.8. The molecule has 7 nitrogen and oxygen atoms in total. The van der Waals surface area contributed by atoms with Crippen LogP contribution in [0, 0.1) is 0 Å². The summed E-state index contributed by atoms with van der Waals surface area (Å²) in [7, 11) is 0. The number of hydroxylamine groups is 1. The number of nitrogens with one attached hydrogen (secondary N) is 3. The predicted molar refractivity (Wildman–Crippen MR) is 124 cm³/mol. The van der Waals surface area contributed by atoms with Crippen molar-refractivity contribution in [2.24, 2.45) is 5.73 Å². The van der Waals surface area contributed by atoms with Crippen LogP contribution in [0.25, 0.3) is 11.1 Å². The van der Waals surface area contributed by atoms with E-state index in [9.17, 15) is 9.59 Å². The Morgan fingerprint density at radius 3 is 2.06 bits per heavy atom. The summed E-state index contributed by atoms with van der Waals surface area (Å²) >= 11 is 0. The predicted octanol–water partition coefficient (Wildman–Crippen LogP) is 2.25. The normalized spacial score (nSPS) is 11.6. The fourth-order valence-electron chi connectivity index (χ4n) is 3.29. The van der Waals surface area contributed by atoms with Gasteiger partial charge in [-0.25, -0.2) is 5.48 Å². The largest absolute Gasteiger partial charge is 0.339 e. The van der Waals surface area contributed by atoms with E-state index in [2.05, 4.69) is 59.2 Å². The Labute approximate surface area is 187 Å². The van der Waals surface area contributed by atoms with E-state index < -0.39 is 17.9 Å². The SMILES string of the molecule is NC[C@H](NC(=O)c1ccc(-c2ccc(CNCCc3ccccc3)cc2)cc1)C(=O)NO. The average molecular weight is 433 g/mol. The number of hydrogen-bond donors (Lipinski definition) is 5. The van der Waals surface area contributed by atoms with Gasteiger partial charge in [-0.3, -0.25) is 14.8 Å². The zero-order valence-electron chi connectivity index (χ0n) is 17.8. The Bertz CT molecular complexity index is 1010. The van der Waals surface area contributed by atoms with Gasteiger partial charge in [-0.2, -0.15) is 0 Å². The minimum absolute atomic E-state index is 0.121. The lowest BCUT2D eigenvalue weighted by Crippen LogP contribution is -2.50. The maximum absolute atomic E-state index is 12.3. The molecule has 0 saturated heterocycles. The molecular formula is C25H28N4O3. The van der Waals surface area contributed by atoms with Gasteiger partial charge < -0.3 is 16.4 Å². The fraction of sp³-hybridized carbons (Fsp3) is 0.200. The summed E-state index contributed by atoms with van der Waals surface area (Å²) in [4.78, 5) is 23.8. The molecule has 32 heavy (non-hydrogen) atoms. The Balaban J connectivity index is 1.52. The van der Waals surface area contributed by atoms with E-state index in [0.717, 1.165) is 30.6 Å². The van der Waals surface area contributed by atoms with Gasteiger partial charge in [0, 0.05) is 18.7 Å². The van der Waals surface area contributed by atoms with E-state index in [-0.39, 0.29) is 6.54 Å². The smallest absolute Gasteiger partial charge is 0.267 e. The molecule has 0 bridgehead atoms. The molecule has 7 heteroatoms. The van der Waals surface area contributed by atoms with Gasteiger partial charge in [0.15, 0.2) is 0 Å². The van der Waals surface area contributed by atoms with Crippen LogP contribution in [0.4, 0.5) is 0 Å². The standard InChI is InChI=1S/C25H28N4O3/c26-16-23(25(31)29-32)28-24(30)22-12-10-21(11-13-22)20-8-6-19(7-9-20)17-27-15-14-18-4-2-1-3-5-18/h1-13,23,27,32H,14-17,26H2,(H,28,30)(H,29,31)/t23-/m0/s1. The summed E-state index contributed by atoms with van der Waals surface area (Å²) < 4.78 is 0. The van der Waals surface area contributed by atoms with Gasteiger partial charge in [-0.1, -0.05) is 66.7 Å². The molecule has 0 aliphatic rings. The van der Waals surface area contributed by atoms with E-state index in [1.165, 1.54) is 16.6 Å². The molecule has 3 aromatic carbocycles. The molecule has 166 valence electrons. The lowest BCUT2D eigenvalue weighted by Gasteiger charge is -2.14. The van der Waals surface area contributed by atoms with Gasteiger partial charge >= 0.3 is 0 Å². The van der Waals surface area contributed by atoms with Gasteiger partial charge in [0.2, 0.25) is 0 Å². The second kappa shape index (κ2) is 11.8. The highest BCUT2D eigenvalue weighted by Crippen LogP contribution is 2.20. The molecule has 0 saturated carbocycles. The first kappa shape index (κ1) is 23.1. The van der Waals surface area contributed by atoms with Crippen LogP contribution in [0.5, 0.6) is 0 Å². The number of nitrogens with two attached hydrogens (primary N) is 1. The van der Waals surface area contributed by atoms with E-state index >= 15 is 0 Å². The molecule has 2 amide bonds. The van der Waals surface area contributed by atoms with Crippen LogP contribution in [-0.2, 0) is 17.8 Å². The summed E-state index contributed by atoms with van der Waals surface area (Å²) in [5, 5.41) is 14.7. The van der Waals surface area contributed by atoms with Crippen molar-refractivity contribution in [1.82, 2.24) is 16.1 Å². The molecule has 6 N–H and O–H groups in total. The Kier molecular flexibility index (Phi) is 8.51. The summed E-state index contributed by atoms with van der Waals surface area (Å²) in [5.74, 6) is -1.19. The lowest BCUT2D eigenvalue weighted by molar-refractivity contribution is -0.130. The van der Waals surface area contributed by atoms with E-state index in [0.29, 0.717) is 5.56 Å². The third kappa shape index (κ3) is 6.49. The highest BCUT2D eigenvalue weighted by molar-refractivity contribution is 5.97. The number of hydrogen-bond acceptors (Lipinski definition) is 5. The van der Waals surface area contributed by atoms with Crippen molar-refractivity contribution in [1.29, 1.82) is 0 Å². The van der Waals surface area contributed by atoms with Gasteiger partial charge in [0.25, 0.3) is 11.8 Å². The van der Waals surface area contributed by atoms with Crippen LogP contribution in [-0.4, -0.2) is 36.2 Å². The monoisotopic (exact) mass is 432 g/mol. The van der Waals surface area contributed by atoms with Crippen molar-refractivity contribution in [3.8, 4) is 11.1 Å². The summed E-state index contributed by atoms with van der Waals surface area (Å²) in [6.07, 6.45) is 0.996. The van der Waals surface area contributed by atoms with Crippen molar-refractivity contribution < 1.29 is 14.8 Å². The van der Waals surface area contributed by atoms with Crippen molar-refractivity contribution in [3.05, 3.63) is 95.6 Å². The molecule has 3 rings (SSSR count). The Morgan fingerprint density at radius 1 is 0.844 bits per heavy atom. The van der Waals surface area contributed by atoms with Gasteiger partial charge in [-0.15, -0.1) is 0 Å².